The fourth-order valence-electron chi connectivity index (χ4n) is 2.27. The molecule has 0 heterocycles. The van der Waals surface area contributed by atoms with Crippen molar-refractivity contribution in [1.82, 2.24) is 0 Å². The molecule has 0 saturated heterocycles. The molecular weight excluding hydrogens is 333 g/mol. The van der Waals surface area contributed by atoms with Crippen LogP contribution in [0.15, 0.2) is 18.2 Å². The molecule has 1 aromatic rings. The third-order valence-electron chi connectivity index (χ3n) is 3.05. The van der Waals surface area contributed by atoms with Gasteiger partial charge >= 0.3 is 0 Å². The number of rotatable bonds is 6. The number of aryl methyl sites for hydroxylation is 1. The predicted octanol–water partition coefficient (Wildman–Crippen LogP) is 5.47. The third kappa shape index (κ3) is 5.59. The Morgan fingerprint density at radius 3 is 2.06 bits per heavy atom. The van der Waals surface area contributed by atoms with Crippen LogP contribution >= 0.6 is 22.6 Å². The zero-order chi connectivity index (χ0) is 13.7. The lowest BCUT2D eigenvalue weighted by Gasteiger charge is -2.24. The first-order valence-electron chi connectivity index (χ1n) is 6.91. The maximum absolute atomic E-state index is 3.70. The molecule has 0 atom stereocenters. The minimum Gasteiger partial charge on any atom is -0.382 e. The fraction of sp³-hybridized carbons (Fsp3) is 0.625. The van der Waals surface area contributed by atoms with Crippen LogP contribution < -0.4 is 5.32 Å². The van der Waals surface area contributed by atoms with Gasteiger partial charge in [0.25, 0.3) is 0 Å². The maximum atomic E-state index is 3.70. The van der Waals surface area contributed by atoms with Crippen LogP contribution in [0.5, 0.6) is 0 Å². The van der Waals surface area contributed by atoms with Crippen LogP contribution in [0.4, 0.5) is 5.69 Å². The Kier molecular flexibility index (Phi) is 6.47. The highest BCUT2D eigenvalue weighted by Crippen LogP contribution is 2.22. The molecule has 2 heteroatoms. The van der Waals surface area contributed by atoms with Gasteiger partial charge in [-0.3, -0.25) is 0 Å². The summed E-state index contributed by atoms with van der Waals surface area (Å²) >= 11 is 2.41. The van der Waals surface area contributed by atoms with E-state index in [0.29, 0.717) is 6.04 Å². The Hall–Kier alpha value is -0.250. The molecule has 18 heavy (non-hydrogen) atoms. The second kappa shape index (κ2) is 7.37. The summed E-state index contributed by atoms with van der Waals surface area (Å²) in [5.74, 6) is 1.48. The minimum atomic E-state index is 0.587. The highest BCUT2D eigenvalue weighted by molar-refractivity contribution is 14.1. The molecule has 0 aromatic heterocycles. The van der Waals surface area contributed by atoms with E-state index in [4.69, 9.17) is 0 Å². The van der Waals surface area contributed by atoms with Crippen LogP contribution in [-0.2, 0) is 0 Å². The number of halogens is 1. The molecule has 102 valence electrons. The van der Waals surface area contributed by atoms with Crippen molar-refractivity contribution in [2.24, 2.45) is 11.8 Å². The largest absolute Gasteiger partial charge is 0.382 e. The van der Waals surface area contributed by atoms with Crippen LogP contribution in [0.3, 0.4) is 0 Å². The van der Waals surface area contributed by atoms with Crippen molar-refractivity contribution in [3.8, 4) is 0 Å². The summed E-state index contributed by atoms with van der Waals surface area (Å²) in [7, 11) is 0. The van der Waals surface area contributed by atoms with Gasteiger partial charge in [-0.05, 0) is 71.9 Å². The Bertz CT molecular complexity index is 361. The number of hydrogen-bond acceptors (Lipinski definition) is 1. The Labute approximate surface area is 126 Å². The van der Waals surface area contributed by atoms with Gasteiger partial charge in [-0.15, -0.1) is 0 Å². The SMILES string of the molecule is Cc1ccc(NC(CC(C)C)CC(C)C)cc1I. The van der Waals surface area contributed by atoms with Gasteiger partial charge in [0.1, 0.15) is 0 Å². The highest BCUT2D eigenvalue weighted by Gasteiger charge is 2.13. The Morgan fingerprint density at radius 1 is 1.06 bits per heavy atom. The molecule has 0 fully saturated rings. The van der Waals surface area contributed by atoms with Crippen molar-refractivity contribution in [1.29, 1.82) is 0 Å². The summed E-state index contributed by atoms with van der Waals surface area (Å²) in [5.41, 5.74) is 2.61. The molecule has 1 rings (SSSR count). The molecule has 0 amide bonds. The number of nitrogens with one attached hydrogen (secondary N) is 1. The van der Waals surface area contributed by atoms with E-state index < -0.39 is 0 Å². The van der Waals surface area contributed by atoms with Gasteiger partial charge in [0.15, 0.2) is 0 Å². The average Bonchev–Trinajstić information content (AvgIpc) is 2.21. The van der Waals surface area contributed by atoms with E-state index in [2.05, 4.69) is 80.7 Å². The minimum absolute atomic E-state index is 0.587. The molecule has 0 aliphatic heterocycles. The molecule has 1 nitrogen and oxygen atoms in total. The maximum Gasteiger partial charge on any atom is 0.0353 e. The van der Waals surface area contributed by atoms with Crippen molar-refractivity contribution < 1.29 is 0 Å². The standard InChI is InChI=1S/C16H26IN/c1-11(2)8-15(9-12(3)4)18-14-7-6-13(5)16(17)10-14/h6-7,10-12,15,18H,8-9H2,1-5H3. The first-order chi connectivity index (χ1) is 8.38. The van der Waals surface area contributed by atoms with Gasteiger partial charge in [0.2, 0.25) is 0 Å². The van der Waals surface area contributed by atoms with Crippen LogP contribution in [0.2, 0.25) is 0 Å². The molecule has 0 radical (unpaired) electrons. The Morgan fingerprint density at radius 2 is 1.61 bits per heavy atom. The van der Waals surface area contributed by atoms with Gasteiger partial charge in [-0.25, -0.2) is 0 Å². The fourth-order valence-corrected chi connectivity index (χ4v) is 2.79. The lowest BCUT2D eigenvalue weighted by atomic mass is 9.95. The summed E-state index contributed by atoms with van der Waals surface area (Å²) < 4.78 is 1.34. The van der Waals surface area contributed by atoms with Crippen LogP contribution in [0.1, 0.15) is 46.1 Å². The highest BCUT2D eigenvalue weighted by atomic mass is 127. The monoisotopic (exact) mass is 359 g/mol. The van der Waals surface area contributed by atoms with Crippen molar-refractivity contribution in [2.75, 3.05) is 5.32 Å². The van der Waals surface area contributed by atoms with E-state index in [1.807, 2.05) is 0 Å². The van der Waals surface area contributed by atoms with Gasteiger partial charge in [-0.2, -0.15) is 0 Å². The first-order valence-corrected chi connectivity index (χ1v) is 7.99. The van der Waals surface area contributed by atoms with Gasteiger partial charge in [0.05, 0.1) is 0 Å². The second-order valence-corrected chi connectivity index (χ2v) is 7.23. The second-order valence-electron chi connectivity index (χ2n) is 6.06. The molecule has 0 bridgehead atoms. The van der Waals surface area contributed by atoms with E-state index in [-0.39, 0.29) is 0 Å². The van der Waals surface area contributed by atoms with Crippen LogP contribution in [0.25, 0.3) is 0 Å². The van der Waals surface area contributed by atoms with Crippen molar-refractivity contribution >= 4 is 28.3 Å². The summed E-state index contributed by atoms with van der Waals surface area (Å²) in [6.07, 6.45) is 2.48. The van der Waals surface area contributed by atoms with Gasteiger partial charge in [-0.1, -0.05) is 33.8 Å². The summed E-state index contributed by atoms with van der Waals surface area (Å²) in [4.78, 5) is 0. The summed E-state index contributed by atoms with van der Waals surface area (Å²) in [5, 5.41) is 3.70. The van der Waals surface area contributed by atoms with Gasteiger partial charge < -0.3 is 5.32 Å². The molecule has 0 unspecified atom stereocenters. The molecule has 1 aromatic carbocycles. The first kappa shape index (κ1) is 15.8. The van der Waals surface area contributed by atoms with E-state index in [9.17, 15) is 0 Å². The van der Waals surface area contributed by atoms with E-state index in [1.165, 1.54) is 27.7 Å². The number of benzene rings is 1. The molecule has 1 N–H and O–H groups in total. The van der Waals surface area contributed by atoms with E-state index in [1.54, 1.807) is 0 Å². The molecule has 0 saturated carbocycles. The zero-order valence-electron chi connectivity index (χ0n) is 12.3. The molecular formula is C16H26IN. The molecule has 0 aliphatic rings. The topological polar surface area (TPSA) is 12.0 Å². The lowest BCUT2D eigenvalue weighted by molar-refractivity contribution is 0.442. The van der Waals surface area contributed by atoms with E-state index >= 15 is 0 Å². The summed E-state index contributed by atoms with van der Waals surface area (Å²) in [6.45, 7) is 11.4. The van der Waals surface area contributed by atoms with Crippen molar-refractivity contribution in [3.63, 3.8) is 0 Å². The number of anilines is 1. The summed E-state index contributed by atoms with van der Waals surface area (Å²) in [6, 6.07) is 7.24. The van der Waals surface area contributed by atoms with Crippen molar-refractivity contribution in [3.05, 3.63) is 27.3 Å². The van der Waals surface area contributed by atoms with Crippen LogP contribution in [-0.4, -0.2) is 6.04 Å². The van der Waals surface area contributed by atoms with Crippen molar-refractivity contribution in [2.45, 2.75) is 53.5 Å². The number of hydrogen-bond donors (Lipinski definition) is 1. The average molecular weight is 359 g/mol. The quantitative estimate of drug-likeness (QED) is 0.664. The van der Waals surface area contributed by atoms with Gasteiger partial charge in [0, 0.05) is 15.3 Å². The van der Waals surface area contributed by atoms with Crippen LogP contribution in [0, 0.1) is 22.3 Å². The third-order valence-corrected chi connectivity index (χ3v) is 4.22. The smallest absolute Gasteiger partial charge is 0.0353 e. The molecule has 0 spiro atoms. The van der Waals surface area contributed by atoms with E-state index in [0.717, 1.165) is 11.8 Å². The molecule has 0 aliphatic carbocycles. The lowest BCUT2D eigenvalue weighted by Crippen LogP contribution is -2.23. The normalized spacial score (nSPS) is 11.6. The predicted molar refractivity (Wildman–Crippen MR) is 90.2 cm³/mol. The zero-order valence-corrected chi connectivity index (χ0v) is 14.4. The Balaban J connectivity index is 2.71.